The van der Waals surface area contributed by atoms with E-state index in [1.165, 1.54) is 0 Å². The van der Waals surface area contributed by atoms with E-state index in [1.807, 2.05) is 0 Å². The maximum Gasteiger partial charge on any atom is 2.00 e. The van der Waals surface area contributed by atoms with Crippen LogP contribution in [0.3, 0.4) is 0 Å². The topological polar surface area (TPSA) is 17.1 Å². The molecule has 0 aromatic carbocycles. The van der Waals surface area contributed by atoms with Crippen molar-refractivity contribution < 1.29 is 25.9 Å². The zero-order valence-corrected chi connectivity index (χ0v) is 7.09. The van der Waals surface area contributed by atoms with Crippen LogP contribution in [0.5, 0.6) is 0 Å². The first-order chi connectivity index (χ1) is 2.41. The summed E-state index contributed by atoms with van der Waals surface area (Å²) in [5, 5.41) is 0. The van der Waals surface area contributed by atoms with Gasteiger partial charge in [-0.15, -0.1) is 0 Å². The largest absolute Gasteiger partial charge is 2.00 e. The van der Waals surface area contributed by atoms with Crippen molar-refractivity contribution >= 4 is 17.3 Å². The molecule has 0 N–H and O–H groups in total. The molecule has 0 aliphatic heterocycles. The SMILES string of the molecule is O=[C-]Cl.[CH2-]C.[W+2]. The molecule has 0 aromatic heterocycles. The van der Waals surface area contributed by atoms with Crippen LogP contribution in [0.15, 0.2) is 0 Å². The van der Waals surface area contributed by atoms with Crippen LogP contribution < -0.4 is 0 Å². The predicted octanol–water partition coefficient (Wildman–Crippen LogP) is 1.13. The second-order valence-corrected chi connectivity index (χ2v) is 0.231. The number of rotatable bonds is 0. The molecule has 3 heteroatoms. The van der Waals surface area contributed by atoms with Gasteiger partial charge >= 0.3 is 21.1 Å². The van der Waals surface area contributed by atoms with Crippen molar-refractivity contribution in [3.05, 3.63) is 6.92 Å². The minimum absolute atomic E-state index is 0. The zero-order chi connectivity index (χ0) is 4.71. The van der Waals surface area contributed by atoms with Gasteiger partial charge in [-0.1, -0.05) is 0 Å². The third-order valence-electron chi connectivity index (χ3n) is 0. The van der Waals surface area contributed by atoms with E-state index in [2.05, 4.69) is 18.5 Å². The van der Waals surface area contributed by atoms with Crippen LogP contribution in [0.2, 0.25) is 0 Å². The van der Waals surface area contributed by atoms with Gasteiger partial charge in [0, 0.05) is 0 Å². The Morgan fingerprint density at radius 3 is 1.67 bits per heavy atom. The number of halogens is 1. The normalized spacial score (nSPS) is 3.17. The number of hydrogen-bond donors (Lipinski definition) is 0. The van der Waals surface area contributed by atoms with Crippen LogP contribution in [0.25, 0.3) is 0 Å². The summed E-state index contributed by atoms with van der Waals surface area (Å²) in [7, 11) is 0. The van der Waals surface area contributed by atoms with Crippen molar-refractivity contribution in [2.45, 2.75) is 6.92 Å². The van der Waals surface area contributed by atoms with Gasteiger partial charge in [-0.3, -0.25) is 0 Å². The molecule has 0 aliphatic carbocycles. The summed E-state index contributed by atoms with van der Waals surface area (Å²) in [5.74, 6) is 0.972. The average Bonchev–Trinajstić information content (AvgIpc) is 1.46. The Morgan fingerprint density at radius 1 is 1.67 bits per heavy atom. The Kier molecular flexibility index (Phi) is 119. The summed E-state index contributed by atoms with van der Waals surface area (Å²) in [6.07, 6.45) is 0. The van der Waals surface area contributed by atoms with Gasteiger partial charge in [-0.05, 0) is 0 Å². The van der Waals surface area contributed by atoms with Crippen molar-refractivity contribution in [3.63, 3.8) is 0 Å². The third-order valence-corrected chi connectivity index (χ3v) is 0. The van der Waals surface area contributed by atoms with Crippen LogP contribution >= 0.6 is 11.6 Å². The average molecular weight is 276 g/mol. The molecule has 36 valence electrons. The standard InChI is InChI=1S/C2H5.CClO.W/c1-2;2-1-3;/h1H2,2H3;;/q2*-1;+2. The van der Waals surface area contributed by atoms with E-state index in [9.17, 15) is 0 Å². The van der Waals surface area contributed by atoms with E-state index in [1.54, 1.807) is 6.92 Å². The maximum atomic E-state index is 8.45. The molecular weight excluding hydrogens is 271 g/mol. The van der Waals surface area contributed by atoms with Crippen LogP contribution in [0.4, 0.5) is 0 Å². The molecule has 0 saturated heterocycles. The Labute approximate surface area is 57.3 Å². The van der Waals surface area contributed by atoms with Gasteiger partial charge in [-0.25, -0.2) is 0 Å². The minimum Gasteiger partial charge on any atom is -0.525 e. The first-order valence-corrected chi connectivity index (χ1v) is 1.48. The van der Waals surface area contributed by atoms with Gasteiger partial charge < -0.3 is 23.3 Å². The van der Waals surface area contributed by atoms with E-state index in [-0.39, 0.29) is 21.1 Å². The van der Waals surface area contributed by atoms with Crippen molar-refractivity contribution in [1.29, 1.82) is 0 Å². The second kappa shape index (κ2) is 44.9. The quantitative estimate of drug-likeness (QED) is 0.479. The van der Waals surface area contributed by atoms with Crippen LogP contribution in [0, 0.1) is 6.92 Å². The fourth-order valence-electron chi connectivity index (χ4n) is 0. The van der Waals surface area contributed by atoms with E-state index in [0.29, 0.717) is 0 Å². The monoisotopic (exact) mass is 276 g/mol. The Hall–Kier alpha value is 0.648. The fraction of sp³-hybridized carbons (Fsp3) is 0.333. The fourth-order valence-corrected chi connectivity index (χ4v) is 0. The molecule has 0 spiro atoms. The van der Waals surface area contributed by atoms with Gasteiger partial charge in [0.25, 0.3) is 0 Å². The van der Waals surface area contributed by atoms with Gasteiger partial charge in [0.2, 0.25) is 0 Å². The molecule has 1 nitrogen and oxygen atoms in total. The molecular formula is C3H5ClOW. The molecule has 0 radical (unpaired) electrons. The third kappa shape index (κ3) is 147. The number of hydrogen-bond acceptors (Lipinski definition) is 1. The Bertz CT molecular complexity index is 18.3. The second-order valence-electron chi connectivity index (χ2n) is 0.0772. The van der Waals surface area contributed by atoms with Crippen LogP contribution in [-0.4, -0.2) is 5.75 Å². The summed E-state index contributed by atoms with van der Waals surface area (Å²) in [4.78, 5) is 8.45. The van der Waals surface area contributed by atoms with Crippen LogP contribution in [-0.2, 0) is 25.9 Å². The molecule has 0 atom stereocenters. The molecule has 0 unspecified atom stereocenters. The first-order valence-electron chi connectivity index (χ1n) is 1.10. The molecule has 0 aromatic rings. The Balaban J connectivity index is -0.0000000275. The van der Waals surface area contributed by atoms with Gasteiger partial charge in [-0.2, -0.15) is 12.7 Å². The molecule has 0 heterocycles. The first kappa shape index (κ1) is 15.9. The van der Waals surface area contributed by atoms with Crippen LogP contribution in [0.1, 0.15) is 6.92 Å². The Morgan fingerprint density at radius 2 is 1.67 bits per heavy atom. The summed E-state index contributed by atoms with van der Waals surface area (Å²) in [5.41, 5.74) is 0. The van der Waals surface area contributed by atoms with E-state index in [4.69, 9.17) is 4.79 Å². The molecule has 0 amide bonds. The summed E-state index contributed by atoms with van der Waals surface area (Å²) in [6.45, 7) is 5.00. The molecule has 0 aliphatic rings. The molecule has 0 fully saturated rings. The van der Waals surface area contributed by atoms with Crippen molar-refractivity contribution in [2.24, 2.45) is 0 Å². The summed E-state index contributed by atoms with van der Waals surface area (Å²) in [6, 6.07) is 0. The summed E-state index contributed by atoms with van der Waals surface area (Å²) < 4.78 is 0. The number of carbonyl (C=O) groups excluding carboxylic acids is 1. The molecule has 0 bridgehead atoms. The van der Waals surface area contributed by atoms with Crippen molar-refractivity contribution in [2.75, 3.05) is 0 Å². The smallest absolute Gasteiger partial charge is 0.525 e. The van der Waals surface area contributed by atoms with Gasteiger partial charge in [0.15, 0.2) is 0 Å². The molecule has 0 saturated carbocycles. The van der Waals surface area contributed by atoms with Gasteiger partial charge in [0.1, 0.15) is 0 Å². The predicted molar refractivity (Wildman–Crippen MR) is 22.6 cm³/mol. The maximum absolute atomic E-state index is 8.45. The minimum atomic E-state index is 0. The van der Waals surface area contributed by atoms with Gasteiger partial charge in [0.05, 0.1) is 0 Å². The van der Waals surface area contributed by atoms with E-state index >= 15 is 0 Å². The summed E-state index contributed by atoms with van der Waals surface area (Å²) >= 11 is 4.19. The molecule has 0 rings (SSSR count). The van der Waals surface area contributed by atoms with Crippen molar-refractivity contribution in [1.82, 2.24) is 0 Å². The zero-order valence-electron chi connectivity index (χ0n) is 3.40. The van der Waals surface area contributed by atoms with E-state index in [0.717, 1.165) is 5.75 Å². The van der Waals surface area contributed by atoms with Crippen molar-refractivity contribution in [3.8, 4) is 0 Å². The van der Waals surface area contributed by atoms with E-state index < -0.39 is 0 Å². The molecule has 6 heavy (non-hydrogen) atoms.